The van der Waals surface area contributed by atoms with Crippen LogP contribution in [0.15, 0.2) is 75.8 Å². The van der Waals surface area contributed by atoms with Gasteiger partial charge in [0.15, 0.2) is 11.5 Å². The zero-order valence-electron chi connectivity index (χ0n) is 18.4. The molecule has 0 aliphatic carbocycles. The van der Waals surface area contributed by atoms with Gasteiger partial charge < -0.3 is 18.6 Å². The van der Waals surface area contributed by atoms with E-state index in [1.165, 1.54) is 25.3 Å². The quantitative estimate of drug-likeness (QED) is 0.393. The molecule has 33 heavy (non-hydrogen) atoms. The van der Waals surface area contributed by atoms with Crippen LogP contribution < -0.4 is 14.5 Å². The van der Waals surface area contributed by atoms with Crippen LogP contribution >= 0.6 is 0 Å². The van der Waals surface area contributed by atoms with E-state index in [1.807, 2.05) is 36.4 Å². The highest BCUT2D eigenvalue weighted by atomic mass is 16.5. The van der Waals surface area contributed by atoms with E-state index in [2.05, 4.69) is 9.84 Å². The Labute approximate surface area is 190 Å². The predicted molar refractivity (Wildman–Crippen MR) is 122 cm³/mol. The maximum atomic E-state index is 12.9. The lowest BCUT2D eigenvalue weighted by atomic mass is 10.1. The molecule has 0 unspecified atom stereocenters. The third-order valence-corrected chi connectivity index (χ3v) is 4.98. The smallest absolute Gasteiger partial charge is 0.373 e. The Kier molecular flexibility index (Phi) is 6.26. The number of hydrogen-bond acceptors (Lipinski definition) is 7. The van der Waals surface area contributed by atoms with Crippen molar-refractivity contribution in [2.24, 2.45) is 5.10 Å². The van der Waals surface area contributed by atoms with Crippen LogP contribution in [0.2, 0.25) is 0 Å². The summed E-state index contributed by atoms with van der Waals surface area (Å²) in [5.74, 6) is 0.800. The summed E-state index contributed by atoms with van der Waals surface area (Å²) < 4.78 is 21.3. The minimum Gasteiger partial charge on any atom is -0.493 e. The van der Waals surface area contributed by atoms with Crippen molar-refractivity contribution in [3.05, 3.63) is 83.3 Å². The second kappa shape index (κ2) is 9.44. The molecule has 168 valence electrons. The Hall–Kier alpha value is -4.33. The monoisotopic (exact) mass is 446 g/mol. The summed E-state index contributed by atoms with van der Waals surface area (Å²) in [5, 5.41) is 5.78. The summed E-state index contributed by atoms with van der Waals surface area (Å²) in [6.07, 6.45) is 1.77. The number of methoxy groups -OCH3 is 2. The summed E-state index contributed by atoms with van der Waals surface area (Å²) in [4.78, 5) is 24.4. The van der Waals surface area contributed by atoms with Crippen molar-refractivity contribution >= 4 is 29.4 Å². The molecule has 0 atom stereocenters. The number of ether oxygens (including phenoxy) is 3. The van der Waals surface area contributed by atoms with Crippen molar-refractivity contribution in [3.63, 3.8) is 0 Å². The maximum absolute atomic E-state index is 12.9. The molecule has 4 rings (SSSR count). The number of esters is 1. The van der Waals surface area contributed by atoms with Gasteiger partial charge in [-0.25, -0.2) is 4.79 Å². The first kappa shape index (κ1) is 21.9. The van der Waals surface area contributed by atoms with Crippen LogP contribution in [0.25, 0.3) is 6.08 Å². The topological polar surface area (TPSA) is 90.6 Å². The van der Waals surface area contributed by atoms with Crippen molar-refractivity contribution in [2.45, 2.75) is 13.5 Å². The first-order valence-electron chi connectivity index (χ1n) is 10.1. The molecule has 1 amide bonds. The lowest BCUT2D eigenvalue weighted by Crippen LogP contribution is -2.21. The van der Waals surface area contributed by atoms with E-state index in [-0.39, 0.29) is 18.3 Å². The zero-order valence-corrected chi connectivity index (χ0v) is 18.4. The van der Waals surface area contributed by atoms with Gasteiger partial charge >= 0.3 is 5.97 Å². The number of para-hydroxylation sites is 1. The molecule has 3 aromatic rings. The molecular formula is C25H22N2O6. The van der Waals surface area contributed by atoms with Crippen LogP contribution in [0.1, 0.15) is 28.8 Å². The molecule has 2 aromatic carbocycles. The van der Waals surface area contributed by atoms with Crippen LogP contribution in [-0.4, -0.2) is 31.8 Å². The van der Waals surface area contributed by atoms with Gasteiger partial charge in [0.25, 0.3) is 5.91 Å². The van der Waals surface area contributed by atoms with Gasteiger partial charge in [-0.05, 0) is 55.0 Å². The third kappa shape index (κ3) is 4.64. The lowest BCUT2D eigenvalue weighted by molar-refractivity contribution is -0.114. The number of anilines is 1. The minimum absolute atomic E-state index is 0.101. The number of furan rings is 1. The standard InChI is InChI=1S/C25H22N2O6/c1-16-20(24(28)27(26-16)18-7-5-4-6-8-18)13-17-9-11-21(23(14-17)30-2)32-15-19-10-12-22(33-19)25(29)31-3/h4-14H,15H2,1-3H3/b20-13-. The molecule has 0 saturated carbocycles. The Morgan fingerprint density at radius 3 is 2.58 bits per heavy atom. The summed E-state index contributed by atoms with van der Waals surface area (Å²) in [6.45, 7) is 1.90. The first-order chi connectivity index (χ1) is 16.0. The third-order valence-electron chi connectivity index (χ3n) is 4.98. The molecule has 0 radical (unpaired) electrons. The van der Waals surface area contributed by atoms with Crippen LogP contribution in [-0.2, 0) is 16.1 Å². The molecule has 8 heteroatoms. The van der Waals surface area contributed by atoms with E-state index in [4.69, 9.17) is 13.9 Å². The van der Waals surface area contributed by atoms with Crippen molar-refractivity contribution < 1.29 is 28.2 Å². The van der Waals surface area contributed by atoms with Gasteiger partial charge in [0.05, 0.1) is 31.2 Å². The molecular weight excluding hydrogens is 424 g/mol. The average molecular weight is 446 g/mol. The number of hydrazone groups is 1. The van der Waals surface area contributed by atoms with Crippen molar-refractivity contribution in [1.29, 1.82) is 0 Å². The van der Waals surface area contributed by atoms with Gasteiger partial charge in [0, 0.05) is 0 Å². The van der Waals surface area contributed by atoms with Gasteiger partial charge in [-0.2, -0.15) is 10.1 Å². The van der Waals surface area contributed by atoms with Crippen LogP contribution in [0, 0.1) is 0 Å². The molecule has 0 spiro atoms. The van der Waals surface area contributed by atoms with Gasteiger partial charge in [-0.3, -0.25) is 4.79 Å². The molecule has 0 saturated heterocycles. The van der Waals surface area contributed by atoms with Crippen molar-refractivity contribution in [2.75, 3.05) is 19.2 Å². The summed E-state index contributed by atoms with van der Waals surface area (Å²) in [5.41, 5.74) is 2.60. The van der Waals surface area contributed by atoms with Crippen LogP contribution in [0.4, 0.5) is 5.69 Å². The largest absolute Gasteiger partial charge is 0.493 e. The number of benzene rings is 2. The van der Waals surface area contributed by atoms with Gasteiger partial charge in [-0.1, -0.05) is 24.3 Å². The number of rotatable bonds is 7. The maximum Gasteiger partial charge on any atom is 0.373 e. The fraction of sp³-hybridized carbons (Fsp3) is 0.160. The fourth-order valence-corrected chi connectivity index (χ4v) is 3.30. The number of nitrogens with zero attached hydrogens (tertiary/aromatic N) is 2. The van der Waals surface area contributed by atoms with E-state index in [0.29, 0.717) is 34.2 Å². The van der Waals surface area contributed by atoms with Crippen molar-refractivity contribution in [3.8, 4) is 11.5 Å². The summed E-state index contributed by atoms with van der Waals surface area (Å²) >= 11 is 0. The van der Waals surface area contributed by atoms with E-state index in [1.54, 1.807) is 31.2 Å². The van der Waals surface area contributed by atoms with E-state index >= 15 is 0 Å². The normalized spacial score (nSPS) is 14.4. The molecule has 2 heterocycles. The highest BCUT2D eigenvalue weighted by Crippen LogP contribution is 2.31. The lowest BCUT2D eigenvalue weighted by Gasteiger charge is -2.12. The Morgan fingerprint density at radius 1 is 1.06 bits per heavy atom. The molecule has 0 bridgehead atoms. The second-order valence-corrected chi connectivity index (χ2v) is 7.15. The summed E-state index contributed by atoms with van der Waals surface area (Å²) in [7, 11) is 2.82. The number of amides is 1. The molecule has 1 aromatic heterocycles. The Balaban J connectivity index is 1.50. The number of carbonyl (C=O) groups is 2. The van der Waals surface area contributed by atoms with Crippen LogP contribution in [0.3, 0.4) is 0 Å². The molecule has 0 fully saturated rings. The Bertz CT molecular complexity index is 1240. The Morgan fingerprint density at radius 2 is 1.85 bits per heavy atom. The van der Waals surface area contributed by atoms with Gasteiger partial charge in [-0.15, -0.1) is 0 Å². The SMILES string of the molecule is COC(=O)c1ccc(COc2ccc(/C=C3\C(=O)N(c4ccccc4)N=C3C)cc2OC)o1. The second-order valence-electron chi connectivity index (χ2n) is 7.15. The van der Waals surface area contributed by atoms with E-state index in [0.717, 1.165) is 5.56 Å². The predicted octanol–water partition coefficient (Wildman–Crippen LogP) is 4.46. The first-order valence-corrected chi connectivity index (χ1v) is 10.1. The van der Waals surface area contributed by atoms with E-state index in [9.17, 15) is 9.59 Å². The van der Waals surface area contributed by atoms with Gasteiger partial charge in [0.2, 0.25) is 5.76 Å². The van der Waals surface area contributed by atoms with Crippen molar-refractivity contribution in [1.82, 2.24) is 0 Å². The highest BCUT2D eigenvalue weighted by Gasteiger charge is 2.28. The zero-order chi connectivity index (χ0) is 23.4. The number of carbonyl (C=O) groups excluding carboxylic acids is 2. The molecule has 0 N–H and O–H groups in total. The van der Waals surface area contributed by atoms with Gasteiger partial charge in [0.1, 0.15) is 12.4 Å². The molecule has 1 aliphatic heterocycles. The molecule has 1 aliphatic rings. The number of hydrogen-bond donors (Lipinski definition) is 0. The van der Waals surface area contributed by atoms with Crippen LogP contribution in [0.5, 0.6) is 11.5 Å². The molecule has 8 nitrogen and oxygen atoms in total. The average Bonchev–Trinajstić information content (AvgIpc) is 3.43. The highest BCUT2D eigenvalue weighted by molar-refractivity contribution is 6.32. The van der Waals surface area contributed by atoms with E-state index < -0.39 is 5.97 Å². The fourth-order valence-electron chi connectivity index (χ4n) is 3.30. The summed E-state index contributed by atoms with van der Waals surface area (Å²) in [6, 6.07) is 17.8. The minimum atomic E-state index is -0.553.